The Bertz CT molecular complexity index is 1100. The van der Waals surface area contributed by atoms with Gasteiger partial charge in [0.25, 0.3) is 0 Å². The maximum absolute atomic E-state index is 12.5. The number of nitrogens with one attached hydrogen (secondary N) is 2. The summed E-state index contributed by atoms with van der Waals surface area (Å²) in [6, 6.07) is 9.07. The van der Waals surface area contributed by atoms with E-state index in [4.69, 9.17) is 9.56 Å². The van der Waals surface area contributed by atoms with Crippen molar-refractivity contribution in [3.8, 4) is 0 Å². The average Bonchev–Trinajstić information content (AvgIpc) is 3.31. The van der Waals surface area contributed by atoms with Gasteiger partial charge in [-0.3, -0.25) is 14.4 Å². The number of nitrogens with zero attached hydrogens (tertiary/aromatic N) is 1. The molecule has 11 heteroatoms. The Hall–Kier alpha value is -3.44. The minimum absolute atomic E-state index is 0.0305. The number of furan rings is 1. The monoisotopic (exact) mass is 474 g/mol. The predicted molar refractivity (Wildman–Crippen MR) is 121 cm³/mol. The second-order valence-electron chi connectivity index (χ2n) is 7.60. The molecule has 4 N–H and O–H groups in total. The van der Waals surface area contributed by atoms with Crippen molar-refractivity contribution in [1.82, 2.24) is 10.2 Å². The molecule has 1 fully saturated rings. The second-order valence-corrected chi connectivity index (χ2v) is 9.16. The van der Waals surface area contributed by atoms with E-state index in [1.807, 2.05) is 0 Å². The summed E-state index contributed by atoms with van der Waals surface area (Å²) in [5.41, 5.74) is 0.475. The van der Waals surface area contributed by atoms with Crippen molar-refractivity contribution < 1.29 is 27.2 Å². The van der Waals surface area contributed by atoms with Gasteiger partial charge in [-0.25, -0.2) is 13.6 Å². The fourth-order valence-corrected chi connectivity index (χ4v) is 3.93. The van der Waals surface area contributed by atoms with Gasteiger partial charge in [-0.2, -0.15) is 0 Å². The highest BCUT2D eigenvalue weighted by Crippen LogP contribution is 2.21. The van der Waals surface area contributed by atoms with E-state index in [2.05, 4.69) is 10.6 Å². The lowest BCUT2D eigenvalue weighted by atomic mass is 9.95. The van der Waals surface area contributed by atoms with Crippen LogP contribution in [0.2, 0.25) is 0 Å². The second kappa shape index (κ2) is 10.9. The van der Waals surface area contributed by atoms with Gasteiger partial charge in [0.1, 0.15) is 5.76 Å². The van der Waals surface area contributed by atoms with Gasteiger partial charge in [-0.05, 0) is 55.3 Å². The highest BCUT2D eigenvalue weighted by atomic mass is 32.2. The summed E-state index contributed by atoms with van der Waals surface area (Å²) < 4.78 is 27.7. The molecule has 1 aliphatic heterocycles. The molecule has 0 spiro atoms. The topological polar surface area (TPSA) is 152 Å². The molecule has 0 atom stereocenters. The Kier molecular flexibility index (Phi) is 8.01. The van der Waals surface area contributed by atoms with E-state index >= 15 is 0 Å². The minimum atomic E-state index is -3.79. The van der Waals surface area contributed by atoms with Crippen LogP contribution in [0, 0.1) is 5.92 Å². The Balaban J connectivity index is 1.37. The number of carbonyl (C=O) groups excluding carboxylic acids is 3. The first-order valence-corrected chi connectivity index (χ1v) is 12.0. The van der Waals surface area contributed by atoms with Crippen molar-refractivity contribution in [3.05, 3.63) is 54.5 Å². The first kappa shape index (κ1) is 24.2. The summed E-state index contributed by atoms with van der Waals surface area (Å²) in [5, 5.41) is 10.5. The largest absolute Gasteiger partial charge is 0.465 e. The third-order valence-corrected chi connectivity index (χ3v) is 6.18. The zero-order valence-corrected chi connectivity index (χ0v) is 18.7. The first-order chi connectivity index (χ1) is 15.7. The number of primary sulfonamides is 1. The Labute approximate surface area is 191 Å². The predicted octanol–water partition coefficient (Wildman–Crippen LogP) is 1.32. The van der Waals surface area contributed by atoms with Crippen molar-refractivity contribution >= 4 is 39.5 Å². The third-order valence-electron chi connectivity index (χ3n) is 5.25. The van der Waals surface area contributed by atoms with Crippen LogP contribution in [0.1, 0.15) is 25.0 Å². The number of benzene rings is 1. The molecule has 33 heavy (non-hydrogen) atoms. The van der Waals surface area contributed by atoms with Gasteiger partial charge >= 0.3 is 0 Å². The van der Waals surface area contributed by atoms with E-state index in [1.165, 1.54) is 36.6 Å². The van der Waals surface area contributed by atoms with Crippen LogP contribution in [0.15, 0.2) is 58.1 Å². The van der Waals surface area contributed by atoms with E-state index in [-0.39, 0.29) is 41.5 Å². The van der Waals surface area contributed by atoms with Crippen molar-refractivity contribution in [2.75, 3.05) is 25.0 Å². The van der Waals surface area contributed by atoms with Gasteiger partial charge in [0.05, 0.1) is 11.2 Å². The summed E-state index contributed by atoms with van der Waals surface area (Å²) in [4.78, 5) is 38.3. The summed E-state index contributed by atoms with van der Waals surface area (Å²) in [6.07, 6.45) is 5.61. The van der Waals surface area contributed by atoms with Crippen molar-refractivity contribution in [2.24, 2.45) is 11.1 Å². The normalized spacial score (nSPS) is 14.9. The first-order valence-electron chi connectivity index (χ1n) is 10.4. The standard InChI is InChI=1S/C22H26N4O6S/c23-33(30,31)19-6-3-17(4-7-19)25-22(29)16-10-13-26(14-11-16)21(28)9-12-24-20(27)8-5-18-2-1-15-32-18/h1-8,15-16H,9-14H2,(H,24,27)(H,25,29)(H2,23,30,31)/b8-5-. The number of hydrogen-bond acceptors (Lipinski definition) is 6. The van der Waals surface area contributed by atoms with Gasteiger partial charge < -0.3 is 20.0 Å². The molecule has 2 heterocycles. The van der Waals surface area contributed by atoms with Crippen LogP contribution in [0.4, 0.5) is 5.69 Å². The fourth-order valence-electron chi connectivity index (χ4n) is 3.42. The number of piperidine rings is 1. The summed E-state index contributed by atoms with van der Waals surface area (Å²) in [5.74, 6) is -0.262. The molecule has 0 unspecified atom stereocenters. The molecular formula is C22H26N4O6S. The third kappa shape index (κ3) is 7.29. The lowest BCUT2D eigenvalue weighted by Gasteiger charge is -2.31. The minimum Gasteiger partial charge on any atom is -0.465 e. The SMILES string of the molecule is NS(=O)(=O)c1ccc(NC(=O)C2CCN(C(=O)CCNC(=O)/C=C\c3ccco3)CC2)cc1. The van der Waals surface area contributed by atoms with E-state index in [9.17, 15) is 22.8 Å². The smallest absolute Gasteiger partial charge is 0.244 e. The van der Waals surface area contributed by atoms with Crippen molar-refractivity contribution in [2.45, 2.75) is 24.2 Å². The number of sulfonamides is 1. The molecule has 3 rings (SSSR count). The van der Waals surface area contributed by atoms with Crippen LogP contribution in [-0.4, -0.2) is 50.7 Å². The van der Waals surface area contributed by atoms with E-state index in [0.717, 1.165) is 0 Å². The quantitative estimate of drug-likeness (QED) is 0.491. The highest BCUT2D eigenvalue weighted by Gasteiger charge is 2.27. The molecule has 1 saturated heterocycles. The molecule has 1 aliphatic rings. The number of anilines is 1. The average molecular weight is 475 g/mol. The zero-order valence-electron chi connectivity index (χ0n) is 17.9. The lowest BCUT2D eigenvalue weighted by Crippen LogP contribution is -2.42. The molecule has 176 valence electrons. The number of amides is 3. The van der Waals surface area contributed by atoms with Crippen LogP contribution in [0.3, 0.4) is 0 Å². The molecule has 0 saturated carbocycles. The Morgan fingerprint density at radius 3 is 2.42 bits per heavy atom. The van der Waals surface area contributed by atoms with Crippen LogP contribution in [-0.2, 0) is 24.4 Å². The Morgan fingerprint density at radius 1 is 1.12 bits per heavy atom. The van der Waals surface area contributed by atoms with Gasteiger partial charge in [0.2, 0.25) is 27.7 Å². The molecule has 3 amide bonds. The molecule has 1 aromatic heterocycles. The maximum Gasteiger partial charge on any atom is 0.244 e. The number of rotatable bonds is 8. The van der Waals surface area contributed by atoms with Gasteiger partial charge in [0.15, 0.2) is 0 Å². The number of carbonyl (C=O) groups is 3. The molecule has 1 aromatic carbocycles. The number of likely N-dealkylation sites (tertiary alicyclic amines) is 1. The number of hydrogen-bond donors (Lipinski definition) is 3. The summed E-state index contributed by atoms with van der Waals surface area (Å²) >= 11 is 0. The van der Waals surface area contributed by atoms with E-state index < -0.39 is 10.0 Å². The van der Waals surface area contributed by atoms with Crippen molar-refractivity contribution in [3.63, 3.8) is 0 Å². The van der Waals surface area contributed by atoms with E-state index in [1.54, 1.807) is 23.1 Å². The van der Waals surface area contributed by atoms with Crippen molar-refractivity contribution in [1.29, 1.82) is 0 Å². The zero-order chi connectivity index (χ0) is 23.8. The molecule has 0 aliphatic carbocycles. The van der Waals surface area contributed by atoms with Gasteiger partial charge in [-0.15, -0.1) is 0 Å². The molecule has 0 bridgehead atoms. The van der Waals surface area contributed by atoms with Crippen LogP contribution >= 0.6 is 0 Å². The van der Waals surface area contributed by atoms with Crippen LogP contribution in [0.5, 0.6) is 0 Å². The fraction of sp³-hybridized carbons (Fsp3) is 0.318. The maximum atomic E-state index is 12.5. The van der Waals surface area contributed by atoms with Gasteiger partial charge in [-0.1, -0.05) is 0 Å². The Morgan fingerprint density at radius 2 is 1.82 bits per heavy atom. The van der Waals surface area contributed by atoms with Crippen LogP contribution in [0.25, 0.3) is 6.08 Å². The summed E-state index contributed by atoms with van der Waals surface area (Å²) in [6.45, 7) is 1.12. The molecule has 2 aromatic rings. The van der Waals surface area contributed by atoms with Crippen LogP contribution < -0.4 is 15.8 Å². The van der Waals surface area contributed by atoms with Gasteiger partial charge in [0, 0.05) is 43.7 Å². The molecule has 10 nitrogen and oxygen atoms in total. The number of nitrogens with two attached hydrogens (primary N) is 1. The molecule has 0 radical (unpaired) electrons. The summed E-state index contributed by atoms with van der Waals surface area (Å²) in [7, 11) is -3.79. The lowest BCUT2D eigenvalue weighted by molar-refractivity contribution is -0.134. The highest BCUT2D eigenvalue weighted by molar-refractivity contribution is 7.89. The molecular weight excluding hydrogens is 448 g/mol. The van der Waals surface area contributed by atoms with E-state index in [0.29, 0.717) is 37.4 Å².